The molecule has 8 heteroatoms. The summed E-state index contributed by atoms with van der Waals surface area (Å²) in [6, 6.07) is 17.5. The normalized spacial score (nSPS) is 14.4. The molecule has 0 aliphatic heterocycles. The van der Waals surface area contributed by atoms with E-state index in [-0.39, 0.29) is 18.4 Å². The summed E-state index contributed by atoms with van der Waals surface area (Å²) in [5.74, 6) is 0.618. The summed E-state index contributed by atoms with van der Waals surface area (Å²) in [6.07, 6.45) is 1.88. The largest absolute Gasteiger partial charge is 0.494 e. The molecule has 0 spiro atoms. The van der Waals surface area contributed by atoms with Crippen LogP contribution in [0.25, 0.3) is 0 Å². The first-order valence-corrected chi connectivity index (χ1v) is 11.3. The van der Waals surface area contributed by atoms with E-state index >= 15 is 0 Å². The summed E-state index contributed by atoms with van der Waals surface area (Å²) < 4.78 is 16.7. The maximum absolute atomic E-state index is 12.7. The monoisotopic (exact) mass is 476 g/mol. The first-order chi connectivity index (χ1) is 17.0. The summed E-state index contributed by atoms with van der Waals surface area (Å²) in [4.78, 5) is 25.3. The molecule has 0 heterocycles. The van der Waals surface area contributed by atoms with Gasteiger partial charge in [0.15, 0.2) is 6.61 Å². The maximum Gasteiger partial charge on any atom is 0.262 e. The Morgan fingerprint density at radius 1 is 0.914 bits per heavy atom. The van der Waals surface area contributed by atoms with Crippen molar-refractivity contribution >= 4 is 23.2 Å². The number of fused-ring (bicyclic) bond motifs is 1. The summed E-state index contributed by atoms with van der Waals surface area (Å²) in [5, 5.41) is 15.8. The van der Waals surface area contributed by atoms with Crippen molar-refractivity contribution in [1.29, 1.82) is 0 Å². The fraction of sp³-hybridized carbons (Fsp3) is 0.259. The van der Waals surface area contributed by atoms with Crippen molar-refractivity contribution in [3.8, 4) is 17.2 Å². The second-order valence-electron chi connectivity index (χ2n) is 8.14. The quantitative estimate of drug-likeness (QED) is 0.447. The summed E-state index contributed by atoms with van der Waals surface area (Å²) in [6.45, 7) is -0.218. The van der Waals surface area contributed by atoms with Crippen LogP contribution in [0.5, 0.6) is 17.2 Å². The van der Waals surface area contributed by atoms with E-state index in [4.69, 9.17) is 14.2 Å². The Bertz CT molecular complexity index is 1210. The number of benzene rings is 3. The number of ether oxygens (including phenoxy) is 3. The van der Waals surface area contributed by atoms with Crippen molar-refractivity contribution in [2.45, 2.75) is 25.4 Å². The molecule has 1 atom stereocenters. The number of hydrogen-bond donors (Lipinski definition) is 3. The predicted octanol–water partition coefficient (Wildman–Crippen LogP) is 4.34. The van der Waals surface area contributed by atoms with Gasteiger partial charge >= 0.3 is 0 Å². The van der Waals surface area contributed by atoms with Crippen LogP contribution in [0.2, 0.25) is 0 Å². The Morgan fingerprint density at radius 2 is 1.60 bits per heavy atom. The molecule has 0 bridgehead atoms. The van der Waals surface area contributed by atoms with Gasteiger partial charge in [0.25, 0.3) is 11.8 Å². The van der Waals surface area contributed by atoms with Gasteiger partial charge in [-0.3, -0.25) is 9.59 Å². The predicted molar refractivity (Wildman–Crippen MR) is 132 cm³/mol. The van der Waals surface area contributed by atoms with Crippen molar-refractivity contribution in [3.05, 3.63) is 77.4 Å². The standard InChI is InChI=1S/C27H28N2O6/c1-33-24-15-21(29-27(32)17-8-4-3-5-9-17)25(34-2)14-20(24)28-26(31)16-35-23-13-7-10-18-19(23)11-6-12-22(18)30/h3-5,7-10,13-15,22,30H,6,11-12,16H2,1-2H3,(H,28,31)(H,29,32)/t22-/m1/s1. The molecule has 0 saturated carbocycles. The molecule has 2 amide bonds. The Balaban J connectivity index is 1.46. The van der Waals surface area contributed by atoms with Crippen molar-refractivity contribution in [2.75, 3.05) is 31.5 Å². The zero-order valence-electron chi connectivity index (χ0n) is 19.7. The number of aliphatic hydroxyl groups excluding tert-OH is 1. The Labute approximate surface area is 203 Å². The molecule has 0 radical (unpaired) electrons. The van der Waals surface area contributed by atoms with E-state index in [1.165, 1.54) is 14.2 Å². The molecule has 0 unspecified atom stereocenters. The molecule has 0 fully saturated rings. The van der Waals surface area contributed by atoms with Gasteiger partial charge < -0.3 is 30.0 Å². The van der Waals surface area contributed by atoms with Gasteiger partial charge in [-0.25, -0.2) is 0 Å². The molecule has 35 heavy (non-hydrogen) atoms. The Hall–Kier alpha value is -4.04. The molecule has 3 aromatic rings. The second-order valence-corrected chi connectivity index (χ2v) is 8.14. The fourth-order valence-electron chi connectivity index (χ4n) is 4.13. The van der Waals surface area contributed by atoms with Gasteiger partial charge in [0.1, 0.15) is 17.2 Å². The fourth-order valence-corrected chi connectivity index (χ4v) is 4.13. The van der Waals surface area contributed by atoms with E-state index < -0.39 is 6.10 Å². The lowest BCUT2D eigenvalue weighted by Gasteiger charge is -2.23. The molecule has 3 aromatic carbocycles. The lowest BCUT2D eigenvalue weighted by atomic mass is 9.89. The number of methoxy groups -OCH3 is 2. The number of aliphatic hydroxyl groups is 1. The number of anilines is 2. The van der Waals surface area contributed by atoms with Crippen molar-refractivity contribution in [2.24, 2.45) is 0 Å². The average Bonchev–Trinajstić information content (AvgIpc) is 2.88. The molecule has 182 valence electrons. The lowest BCUT2D eigenvalue weighted by Crippen LogP contribution is -2.22. The van der Waals surface area contributed by atoms with Crippen LogP contribution in [0.4, 0.5) is 11.4 Å². The van der Waals surface area contributed by atoms with Gasteiger partial charge in [0, 0.05) is 17.7 Å². The number of amides is 2. The van der Waals surface area contributed by atoms with Gasteiger partial charge in [-0.15, -0.1) is 0 Å². The van der Waals surface area contributed by atoms with Gasteiger partial charge in [-0.05, 0) is 48.6 Å². The molecule has 1 aliphatic carbocycles. The van der Waals surface area contributed by atoms with Gasteiger partial charge in [-0.1, -0.05) is 30.3 Å². The zero-order valence-corrected chi connectivity index (χ0v) is 19.7. The molecular weight excluding hydrogens is 448 g/mol. The zero-order chi connectivity index (χ0) is 24.8. The van der Waals surface area contributed by atoms with E-state index in [2.05, 4.69) is 10.6 Å². The molecule has 3 N–H and O–H groups in total. The van der Waals surface area contributed by atoms with E-state index in [1.807, 2.05) is 18.2 Å². The third kappa shape index (κ3) is 5.55. The Kier molecular flexibility index (Phi) is 7.52. The molecule has 8 nitrogen and oxygen atoms in total. The third-order valence-corrected chi connectivity index (χ3v) is 5.87. The summed E-state index contributed by atoms with van der Waals surface area (Å²) in [5.41, 5.74) is 3.08. The number of carbonyl (C=O) groups excluding carboxylic acids is 2. The third-order valence-electron chi connectivity index (χ3n) is 5.87. The SMILES string of the molecule is COc1cc(NC(=O)c2ccccc2)c(OC)cc1NC(=O)COc1cccc2c1CCC[C@H]2O. The minimum atomic E-state index is -0.506. The summed E-state index contributed by atoms with van der Waals surface area (Å²) in [7, 11) is 2.94. The van der Waals surface area contributed by atoms with Crippen LogP contribution in [0.3, 0.4) is 0 Å². The number of carbonyl (C=O) groups is 2. The number of rotatable bonds is 8. The lowest BCUT2D eigenvalue weighted by molar-refractivity contribution is -0.118. The first kappa shape index (κ1) is 24.1. The van der Waals surface area contributed by atoms with Crippen LogP contribution in [-0.2, 0) is 11.2 Å². The molecule has 0 aromatic heterocycles. The highest BCUT2D eigenvalue weighted by molar-refractivity contribution is 6.05. The molecule has 1 aliphatic rings. The van der Waals surface area contributed by atoms with E-state index in [0.29, 0.717) is 34.2 Å². The topological polar surface area (TPSA) is 106 Å². The number of nitrogens with one attached hydrogen (secondary N) is 2. The van der Waals surface area contributed by atoms with Crippen molar-refractivity contribution in [1.82, 2.24) is 0 Å². The molecule has 4 rings (SSSR count). The van der Waals surface area contributed by atoms with Crippen LogP contribution in [0.15, 0.2) is 60.7 Å². The molecular formula is C27H28N2O6. The highest BCUT2D eigenvalue weighted by atomic mass is 16.5. The van der Waals surface area contributed by atoms with Gasteiger partial charge in [0.2, 0.25) is 0 Å². The first-order valence-electron chi connectivity index (χ1n) is 11.3. The number of hydrogen-bond acceptors (Lipinski definition) is 6. The highest BCUT2D eigenvalue weighted by Crippen LogP contribution is 2.37. The van der Waals surface area contributed by atoms with Gasteiger partial charge in [0.05, 0.1) is 31.7 Å². The van der Waals surface area contributed by atoms with E-state index in [1.54, 1.807) is 42.5 Å². The smallest absolute Gasteiger partial charge is 0.262 e. The van der Waals surface area contributed by atoms with Crippen LogP contribution >= 0.6 is 0 Å². The average molecular weight is 477 g/mol. The maximum atomic E-state index is 12.7. The minimum Gasteiger partial charge on any atom is -0.494 e. The van der Waals surface area contributed by atoms with E-state index in [9.17, 15) is 14.7 Å². The van der Waals surface area contributed by atoms with Crippen molar-refractivity contribution in [3.63, 3.8) is 0 Å². The molecule has 0 saturated heterocycles. The van der Waals surface area contributed by atoms with Crippen LogP contribution in [0, 0.1) is 0 Å². The van der Waals surface area contributed by atoms with Crippen molar-refractivity contribution < 1.29 is 28.9 Å². The van der Waals surface area contributed by atoms with E-state index in [0.717, 1.165) is 30.4 Å². The Morgan fingerprint density at radius 3 is 2.29 bits per heavy atom. The van der Waals surface area contributed by atoms with Crippen LogP contribution in [-0.4, -0.2) is 37.7 Å². The minimum absolute atomic E-state index is 0.218. The van der Waals surface area contributed by atoms with Crippen LogP contribution < -0.4 is 24.8 Å². The summed E-state index contributed by atoms with van der Waals surface area (Å²) >= 11 is 0. The second kappa shape index (κ2) is 10.9. The highest BCUT2D eigenvalue weighted by Gasteiger charge is 2.22. The van der Waals surface area contributed by atoms with Gasteiger partial charge in [-0.2, -0.15) is 0 Å². The van der Waals surface area contributed by atoms with Crippen LogP contribution in [0.1, 0.15) is 40.4 Å².